The number of thioether (sulfide) groups is 1. The van der Waals surface area contributed by atoms with Gasteiger partial charge in [0, 0.05) is 17.4 Å². The molecule has 1 aromatic heterocycles. The van der Waals surface area contributed by atoms with Crippen LogP contribution in [0.15, 0.2) is 22.2 Å². The summed E-state index contributed by atoms with van der Waals surface area (Å²) in [6.07, 6.45) is 4.85. The van der Waals surface area contributed by atoms with E-state index < -0.39 is 0 Å². The molecule has 1 fully saturated rings. The van der Waals surface area contributed by atoms with Crippen molar-refractivity contribution >= 4 is 23.3 Å². The van der Waals surface area contributed by atoms with Gasteiger partial charge in [-0.05, 0) is 38.2 Å². The summed E-state index contributed by atoms with van der Waals surface area (Å²) in [5.41, 5.74) is 3.15. The van der Waals surface area contributed by atoms with Crippen LogP contribution in [0.3, 0.4) is 0 Å². The number of hydrogen-bond donors (Lipinski definition) is 2. The summed E-state index contributed by atoms with van der Waals surface area (Å²) in [6, 6.07) is 4.59. The van der Waals surface area contributed by atoms with Gasteiger partial charge in [0.25, 0.3) is 0 Å². The first kappa shape index (κ1) is 14.9. The highest BCUT2D eigenvalue weighted by atomic mass is 32.2. The minimum Gasteiger partial charge on any atom is -0.352 e. The van der Waals surface area contributed by atoms with Crippen molar-refractivity contribution in [2.24, 2.45) is 0 Å². The predicted molar refractivity (Wildman–Crippen MR) is 89.7 cm³/mol. The zero-order valence-electron chi connectivity index (χ0n) is 12.8. The van der Waals surface area contributed by atoms with Crippen LogP contribution in [-0.2, 0) is 0 Å². The van der Waals surface area contributed by atoms with Gasteiger partial charge in [-0.3, -0.25) is 0 Å². The molecule has 0 radical (unpaired) electrons. The molecule has 3 rings (SSSR count). The smallest absolute Gasteiger partial charge is 0.223 e. The Morgan fingerprint density at radius 1 is 1.36 bits per heavy atom. The van der Waals surface area contributed by atoms with Crippen LogP contribution in [0.4, 0.5) is 5.95 Å². The molecule has 0 unspecified atom stereocenters. The molecule has 0 atom stereocenters. The van der Waals surface area contributed by atoms with Crippen molar-refractivity contribution in [2.45, 2.75) is 45.6 Å². The molecule has 0 spiro atoms. The molecule has 0 saturated heterocycles. The fourth-order valence-corrected chi connectivity index (χ4v) is 3.59. The van der Waals surface area contributed by atoms with Gasteiger partial charge < -0.3 is 10.6 Å². The van der Waals surface area contributed by atoms with Gasteiger partial charge in [0.05, 0.1) is 10.7 Å². The SMILES string of the molecule is CC1=CSC(=C(C#N)c2cc(C)nc(NC3CCCC3)n2)N1. The van der Waals surface area contributed by atoms with Crippen molar-refractivity contribution in [2.75, 3.05) is 5.32 Å². The summed E-state index contributed by atoms with van der Waals surface area (Å²) in [4.78, 5) is 9.02. The maximum absolute atomic E-state index is 9.53. The Labute approximate surface area is 134 Å². The number of allylic oxidation sites excluding steroid dienone is 2. The lowest BCUT2D eigenvalue weighted by Crippen LogP contribution is -2.17. The number of nitriles is 1. The van der Waals surface area contributed by atoms with Crippen molar-refractivity contribution in [1.82, 2.24) is 15.3 Å². The summed E-state index contributed by atoms with van der Waals surface area (Å²) in [5, 5.41) is 19.0. The van der Waals surface area contributed by atoms with Crippen molar-refractivity contribution in [3.63, 3.8) is 0 Å². The summed E-state index contributed by atoms with van der Waals surface area (Å²) >= 11 is 1.53. The standard InChI is InChI=1S/C16H19N5S/c1-10-7-14(13(8-17)15-18-11(2)9-22-15)21-16(19-10)20-12-5-3-4-6-12/h7,9,12,18H,3-6H2,1-2H3,(H,19,20,21). The molecule has 0 bridgehead atoms. The first-order chi connectivity index (χ1) is 10.7. The molecule has 0 aromatic carbocycles. The van der Waals surface area contributed by atoms with Gasteiger partial charge in [0.2, 0.25) is 5.95 Å². The van der Waals surface area contributed by atoms with E-state index in [0.717, 1.165) is 16.4 Å². The van der Waals surface area contributed by atoms with Crippen LogP contribution in [0.2, 0.25) is 0 Å². The average Bonchev–Trinajstić information content (AvgIpc) is 3.11. The molecule has 2 aliphatic rings. The van der Waals surface area contributed by atoms with Crippen molar-refractivity contribution in [3.05, 3.63) is 33.6 Å². The molecule has 22 heavy (non-hydrogen) atoms. The fraction of sp³-hybridized carbons (Fsp3) is 0.438. The molecule has 1 aliphatic carbocycles. The molecule has 1 aromatic rings. The van der Waals surface area contributed by atoms with Gasteiger partial charge in [0.1, 0.15) is 11.6 Å². The van der Waals surface area contributed by atoms with E-state index in [1.165, 1.54) is 37.4 Å². The van der Waals surface area contributed by atoms with E-state index in [-0.39, 0.29) is 0 Å². The van der Waals surface area contributed by atoms with Crippen LogP contribution in [0, 0.1) is 18.3 Å². The number of nitrogens with one attached hydrogen (secondary N) is 2. The second kappa shape index (κ2) is 6.41. The number of anilines is 1. The van der Waals surface area contributed by atoms with Gasteiger partial charge in [-0.1, -0.05) is 24.6 Å². The number of aromatic nitrogens is 2. The van der Waals surface area contributed by atoms with E-state index >= 15 is 0 Å². The zero-order valence-corrected chi connectivity index (χ0v) is 13.6. The molecule has 114 valence electrons. The van der Waals surface area contributed by atoms with E-state index in [1.807, 2.05) is 25.3 Å². The monoisotopic (exact) mass is 313 g/mol. The lowest BCUT2D eigenvalue weighted by Gasteiger charge is -2.13. The number of aryl methyl sites for hydroxylation is 1. The van der Waals surface area contributed by atoms with Gasteiger partial charge in [-0.25, -0.2) is 9.97 Å². The third-order valence-corrected chi connectivity index (χ3v) is 4.82. The number of hydrogen-bond acceptors (Lipinski definition) is 6. The normalized spacial score (nSPS) is 20.3. The van der Waals surface area contributed by atoms with E-state index in [2.05, 4.69) is 26.7 Å². The predicted octanol–water partition coefficient (Wildman–Crippen LogP) is 3.53. The van der Waals surface area contributed by atoms with E-state index in [4.69, 9.17) is 0 Å². The Hall–Kier alpha value is -2.00. The summed E-state index contributed by atoms with van der Waals surface area (Å²) in [6.45, 7) is 3.91. The molecular weight excluding hydrogens is 294 g/mol. The van der Waals surface area contributed by atoms with Crippen molar-refractivity contribution in [1.29, 1.82) is 5.26 Å². The number of nitrogens with zero attached hydrogens (tertiary/aromatic N) is 3. The van der Waals surface area contributed by atoms with Gasteiger partial charge in [-0.15, -0.1) is 0 Å². The molecule has 2 N–H and O–H groups in total. The zero-order chi connectivity index (χ0) is 15.5. The van der Waals surface area contributed by atoms with Crippen LogP contribution in [0.25, 0.3) is 5.57 Å². The highest BCUT2D eigenvalue weighted by Gasteiger charge is 2.19. The maximum Gasteiger partial charge on any atom is 0.223 e. The van der Waals surface area contributed by atoms with Crippen molar-refractivity contribution < 1.29 is 0 Å². The molecular formula is C16H19N5S. The average molecular weight is 313 g/mol. The first-order valence-electron chi connectivity index (χ1n) is 7.53. The second-order valence-corrected chi connectivity index (χ2v) is 6.58. The quantitative estimate of drug-likeness (QED) is 0.832. The maximum atomic E-state index is 9.53. The van der Waals surface area contributed by atoms with E-state index in [9.17, 15) is 5.26 Å². The van der Waals surface area contributed by atoms with Gasteiger partial charge >= 0.3 is 0 Å². The van der Waals surface area contributed by atoms with Crippen molar-refractivity contribution in [3.8, 4) is 6.07 Å². The minimum absolute atomic E-state index is 0.454. The van der Waals surface area contributed by atoms with Crippen LogP contribution in [-0.4, -0.2) is 16.0 Å². The molecule has 1 aliphatic heterocycles. The Morgan fingerprint density at radius 2 is 2.14 bits per heavy atom. The third-order valence-electron chi connectivity index (χ3n) is 3.80. The van der Waals surface area contributed by atoms with E-state index in [1.54, 1.807) is 0 Å². The van der Waals surface area contributed by atoms with Crippen LogP contribution >= 0.6 is 11.8 Å². The van der Waals surface area contributed by atoms with Crippen LogP contribution in [0.1, 0.15) is 44.0 Å². The molecule has 6 heteroatoms. The Bertz CT molecular complexity index is 680. The van der Waals surface area contributed by atoms with Crippen LogP contribution < -0.4 is 10.6 Å². The topological polar surface area (TPSA) is 73.6 Å². The fourth-order valence-electron chi connectivity index (χ4n) is 2.75. The minimum atomic E-state index is 0.454. The first-order valence-corrected chi connectivity index (χ1v) is 8.41. The highest BCUT2D eigenvalue weighted by Crippen LogP contribution is 2.31. The van der Waals surface area contributed by atoms with E-state index in [0.29, 0.717) is 23.3 Å². The van der Waals surface area contributed by atoms with Gasteiger partial charge in [-0.2, -0.15) is 5.26 Å². The molecule has 2 heterocycles. The Kier molecular flexibility index (Phi) is 4.34. The lowest BCUT2D eigenvalue weighted by molar-refractivity contribution is 0.742. The summed E-state index contributed by atoms with van der Waals surface area (Å²) in [5.74, 6) is 0.628. The van der Waals surface area contributed by atoms with Gasteiger partial charge in [0.15, 0.2) is 0 Å². The summed E-state index contributed by atoms with van der Waals surface area (Å²) in [7, 11) is 0. The molecule has 0 amide bonds. The molecule has 1 saturated carbocycles. The Morgan fingerprint density at radius 3 is 2.77 bits per heavy atom. The third kappa shape index (κ3) is 3.25. The highest BCUT2D eigenvalue weighted by molar-refractivity contribution is 8.06. The van der Waals surface area contributed by atoms with Crippen LogP contribution in [0.5, 0.6) is 0 Å². The Balaban J connectivity index is 1.90. The second-order valence-electron chi connectivity index (χ2n) is 5.70. The molecule has 5 nitrogen and oxygen atoms in total. The number of rotatable bonds is 3. The largest absolute Gasteiger partial charge is 0.352 e. The summed E-state index contributed by atoms with van der Waals surface area (Å²) < 4.78 is 0. The lowest BCUT2D eigenvalue weighted by atomic mass is 10.2.